The zero-order valence-electron chi connectivity index (χ0n) is 15.6. The molecule has 4 aromatic rings. The molecule has 156 valence electrons. The zero-order chi connectivity index (χ0) is 22.0. The molecular formula is C21H13Cl2N3O3S2. The van der Waals surface area contributed by atoms with Gasteiger partial charge in [-0.05, 0) is 60.7 Å². The molecule has 6 nitrogen and oxygen atoms in total. The van der Waals surface area contributed by atoms with Crippen molar-refractivity contribution in [2.45, 2.75) is 0 Å². The molecule has 0 aliphatic rings. The number of benzene rings is 2. The number of thiophene rings is 1. The smallest absolute Gasteiger partial charge is 0.291 e. The van der Waals surface area contributed by atoms with Crippen LogP contribution < -0.4 is 16.0 Å². The van der Waals surface area contributed by atoms with Crippen LogP contribution in [0.4, 0.5) is 11.4 Å². The maximum absolute atomic E-state index is 12.6. The Morgan fingerprint density at radius 1 is 0.935 bits per heavy atom. The lowest BCUT2D eigenvalue weighted by molar-refractivity contribution is 0.0978. The normalized spacial score (nSPS) is 10.6. The fourth-order valence-corrected chi connectivity index (χ4v) is 4.64. The predicted octanol–water partition coefficient (Wildman–Crippen LogP) is 6.18. The Bertz CT molecular complexity index is 1290. The standard InChI is InChI=1S/C21H13Cl2N3O3S2/c22-11-3-8-14-16(10-11)31-18(17(14)23)20(28)26-21(30)25-13-6-4-12(5-7-13)24-19(27)15-2-1-9-29-15/h1-10H,(H,24,27)(H2,25,26,28,30). The molecule has 0 aliphatic carbocycles. The van der Waals surface area contributed by atoms with Gasteiger partial charge in [0.2, 0.25) is 0 Å². The lowest BCUT2D eigenvalue weighted by atomic mass is 10.2. The molecule has 0 unspecified atom stereocenters. The Kier molecular flexibility index (Phi) is 6.24. The summed E-state index contributed by atoms with van der Waals surface area (Å²) in [5.41, 5.74) is 1.22. The van der Waals surface area contributed by atoms with Gasteiger partial charge in [-0.3, -0.25) is 14.9 Å². The summed E-state index contributed by atoms with van der Waals surface area (Å²) in [5, 5.41) is 10.1. The highest BCUT2D eigenvalue weighted by Gasteiger charge is 2.18. The van der Waals surface area contributed by atoms with Crippen LogP contribution in [0.2, 0.25) is 10.0 Å². The second-order valence-corrected chi connectivity index (χ2v) is 8.58. The van der Waals surface area contributed by atoms with Gasteiger partial charge in [-0.2, -0.15) is 0 Å². The molecule has 2 aromatic carbocycles. The molecule has 2 aromatic heterocycles. The van der Waals surface area contributed by atoms with E-state index in [0.29, 0.717) is 26.3 Å². The van der Waals surface area contributed by atoms with Crippen LogP contribution in [-0.2, 0) is 0 Å². The molecule has 31 heavy (non-hydrogen) atoms. The number of hydrogen-bond acceptors (Lipinski definition) is 5. The second kappa shape index (κ2) is 9.07. The first kappa shape index (κ1) is 21.3. The molecule has 0 saturated carbocycles. The van der Waals surface area contributed by atoms with Gasteiger partial charge in [-0.25, -0.2) is 0 Å². The highest BCUT2D eigenvalue weighted by atomic mass is 35.5. The summed E-state index contributed by atoms with van der Waals surface area (Å²) in [6, 6.07) is 15.3. The van der Waals surface area contributed by atoms with Gasteiger partial charge in [0.15, 0.2) is 10.9 Å². The van der Waals surface area contributed by atoms with Gasteiger partial charge in [0, 0.05) is 26.5 Å². The van der Waals surface area contributed by atoms with Crippen molar-refractivity contribution in [2.75, 3.05) is 10.6 Å². The molecule has 0 atom stereocenters. The third-order valence-electron chi connectivity index (χ3n) is 4.17. The Morgan fingerprint density at radius 2 is 1.65 bits per heavy atom. The summed E-state index contributed by atoms with van der Waals surface area (Å²) in [6.45, 7) is 0. The number of rotatable bonds is 4. The molecule has 0 spiro atoms. The maximum Gasteiger partial charge on any atom is 0.291 e. The van der Waals surface area contributed by atoms with Crippen LogP contribution in [0.15, 0.2) is 65.3 Å². The van der Waals surface area contributed by atoms with Crippen LogP contribution in [0.3, 0.4) is 0 Å². The van der Waals surface area contributed by atoms with Crippen molar-refractivity contribution in [1.82, 2.24) is 5.32 Å². The van der Waals surface area contributed by atoms with Gasteiger partial charge in [0.25, 0.3) is 11.8 Å². The van der Waals surface area contributed by atoms with Crippen molar-refractivity contribution < 1.29 is 14.0 Å². The largest absolute Gasteiger partial charge is 0.459 e. The molecule has 0 saturated heterocycles. The van der Waals surface area contributed by atoms with E-state index < -0.39 is 5.91 Å². The van der Waals surface area contributed by atoms with E-state index in [2.05, 4.69) is 16.0 Å². The lowest BCUT2D eigenvalue weighted by Crippen LogP contribution is -2.33. The van der Waals surface area contributed by atoms with E-state index in [1.807, 2.05) is 0 Å². The number of fused-ring (bicyclic) bond motifs is 1. The minimum atomic E-state index is -0.415. The average Bonchev–Trinajstić information content (AvgIpc) is 3.38. The van der Waals surface area contributed by atoms with Gasteiger partial charge in [-0.1, -0.05) is 29.3 Å². The van der Waals surface area contributed by atoms with Crippen LogP contribution in [-0.4, -0.2) is 16.9 Å². The van der Waals surface area contributed by atoms with Gasteiger partial charge >= 0.3 is 0 Å². The first-order valence-electron chi connectivity index (χ1n) is 8.85. The Balaban J connectivity index is 1.38. The van der Waals surface area contributed by atoms with Gasteiger partial charge < -0.3 is 15.1 Å². The molecule has 4 rings (SSSR count). The van der Waals surface area contributed by atoms with Crippen molar-refractivity contribution >= 4 is 85.1 Å². The lowest BCUT2D eigenvalue weighted by Gasteiger charge is -2.10. The SMILES string of the molecule is O=C(Nc1ccc(NC(=S)NC(=O)c2sc3cc(Cl)ccc3c2Cl)cc1)c1ccco1. The molecule has 0 radical (unpaired) electrons. The predicted molar refractivity (Wildman–Crippen MR) is 129 cm³/mol. The molecular weight excluding hydrogens is 477 g/mol. The third kappa shape index (κ3) is 4.88. The second-order valence-electron chi connectivity index (χ2n) is 6.30. The Labute approximate surface area is 196 Å². The molecule has 2 heterocycles. The molecule has 0 bridgehead atoms. The van der Waals surface area contributed by atoms with Crippen LogP contribution in [0.25, 0.3) is 10.1 Å². The first-order chi connectivity index (χ1) is 14.9. The molecule has 0 fully saturated rings. The highest BCUT2D eigenvalue weighted by molar-refractivity contribution is 7.80. The highest BCUT2D eigenvalue weighted by Crippen LogP contribution is 2.36. The van der Waals surface area contributed by atoms with Crippen LogP contribution in [0, 0.1) is 0 Å². The monoisotopic (exact) mass is 489 g/mol. The topological polar surface area (TPSA) is 83.4 Å². The number of halogens is 2. The van der Waals surface area contributed by atoms with Crippen LogP contribution in [0.5, 0.6) is 0 Å². The number of carbonyl (C=O) groups is 2. The minimum absolute atomic E-state index is 0.115. The fraction of sp³-hybridized carbons (Fsp3) is 0. The Hall–Kier alpha value is -2.91. The number of carbonyl (C=O) groups excluding carboxylic acids is 2. The summed E-state index contributed by atoms with van der Waals surface area (Å²) in [6.07, 6.45) is 1.43. The van der Waals surface area contributed by atoms with Gasteiger partial charge in [-0.15, -0.1) is 11.3 Å². The van der Waals surface area contributed by atoms with Crippen molar-refractivity contribution in [3.63, 3.8) is 0 Å². The molecule has 10 heteroatoms. The van der Waals surface area contributed by atoms with E-state index in [4.69, 9.17) is 39.8 Å². The summed E-state index contributed by atoms with van der Waals surface area (Å²) in [7, 11) is 0. The van der Waals surface area contributed by atoms with Crippen molar-refractivity contribution in [2.24, 2.45) is 0 Å². The molecule has 0 aliphatic heterocycles. The van der Waals surface area contributed by atoms with Crippen LogP contribution >= 0.6 is 46.8 Å². The summed E-state index contributed by atoms with van der Waals surface area (Å²) in [4.78, 5) is 25.0. The summed E-state index contributed by atoms with van der Waals surface area (Å²) in [5.74, 6) is -0.551. The number of thiocarbonyl (C=S) groups is 1. The minimum Gasteiger partial charge on any atom is -0.459 e. The molecule has 2 amide bonds. The van der Waals surface area contributed by atoms with Gasteiger partial charge in [0.1, 0.15) is 4.88 Å². The quantitative estimate of drug-likeness (QED) is 0.298. The van der Waals surface area contributed by atoms with Crippen LogP contribution in [0.1, 0.15) is 20.2 Å². The van der Waals surface area contributed by atoms with Gasteiger partial charge in [0.05, 0.1) is 11.3 Å². The van der Waals surface area contributed by atoms with E-state index in [1.54, 1.807) is 54.6 Å². The number of hydrogen-bond donors (Lipinski definition) is 3. The number of anilines is 2. The van der Waals surface area contributed by atoms with Crippen molar-refractivity contribution in [1.29, 1.82) is 0 Å². The van der Waals surface area contributed by atoms with E-state index in [0.717, 1.165) is 10.1 Å². The molecule has 3 N–H and O–H groups in total. The first-order valence-corrected chi connectivity index (χ1v) is 10.8. The average molecular weight is 490 g/mol. The van der Waals surface area contributed by atoms with E-state index in [9.17, 15) is 9.59 Å². The van der Waals surface area contributed by atoms with Crippen molar-refractivity contribution in [3.05, 3.63) is 81.5 Å². The van der Waals surface area contributed by atoms with E-state index in [-0.39, 0.29) is 16.8 Å². The zero-order valence-corrected chi connectivity index (χ0v) is 18.7. The number of furan rings is 1. The number of nitrogens with one attached hydrogen (secondary N) is 3. The summed E-state index contributed by atoms with van der Waals surface area (Å²) >= 11 is 18.8. The maximum atomic E-state index is 12.6. The Morgan fingerprint density at radius 3 is 2.32 bits per heavy atom. The third-order valence-corrected chi connectivity index (χ3v) is 6.27. The van der Waals surface area contributed by atoms with E-state index >= 15 is 0 Å². The number of amides is 2. The van der Waals surface area contributed by atoms with Crippen molar-refractivity contribution in [3.8, 4) is 0 Å². The summed E-state index contributed by atoms with van der Waals surface area (Å²) < 4.78 is 5.87. The van der Waals surface area contributed by atoms with E-state index in [1.165, 1.54) is 17.6 Å². The fourth-order valence-electron chi connectivity index (χ4n) is 2.74.